The molecule has 17 heavy (non-hydrogen) atoms. The first-order chi connectivity index (χ1) is 8.29. The Kier molecular flexibility index (Phi) is 4.06. The summed E-state index contributed by atoms with van der Waals surface area (Å²) in [6.45, 7) is 3.14. The number of hydrogen-bond acceptors (Lipinski definition) is 5. The molecule has 5 heteroatoms. The summed E-state index contributed by atoms with van der Waals surface area (Å²) in [6, 6.07) is 3.78. The standard InChI is InChI=1S/C12H15N3OS/c1-9-11(17-8-15-9)4-5-16-12-3-2-10(6-13)7-14-12/h2-3,7-8H,4-6,13H2,1H3. The fourth-order valence-corrected chi connectivity index (χ4v) is 2.19. The molecule has 0 saturated carbocycles. The zero-order valence-corrected chi connectivity index (χ0v) is 10.5. The van der Waals surface area contributed by atoms with E-state index in [-0.39, 0.29) is 0 Å². The maximum absolute atomic E-state index is 5.56. The Balaban J connectivity index is 1.83. The number of nitrogens with zero attached hydrogens (tertiary/aromatic N) is 2. The fourth-order valence-electron chi connectivity index (χ4n) is 1.43. The number of pyridine rings is 1. The quantitative estimate of drug-likeness (QED) is 0.879. The molecule has 0 saturated heterocycles. The number of thiazole rings is 1. The van der Waals surface area contributed by atoms with Gasteiger partial charge in [-0.2, -0.15) is 0 Å². The summed E-state index contributed by atoms with van der Waals surface area (Å²) in [5, 5.41) is 0. The third kappa shape index (κ3) is 3.25. The van der Waals surface area contributed by atoms with Crippen LogP contribution in [0, 0.1) is 6.92 Å². The van der Waals surface area contributed by atoms with Gasteiger partial charge in [0.25, 0.3) is 0 Å². The van der Waals surface area contributed by atoms with Gasteiger partial charge >= 0.3 is 0 Å². The van der Waals surface area contributed by atoms with Gasteiger partial charge in [-0.05, 0) is 12.5 Å². The van der Waals surface area contributed by atoms with Gasteiger partial charge in [-0.15, -0.1) is 11.3 Å². The molecule has 2 heterocycles. The minimum Gasteiger partial charge on any atom is -0.477 e. The summed E-state index contributed by atoms with van der Waals surface area (Å²) in [5.74, 6) is 0.643. The van der Waals surface area contributed by atoms with Crippen molar-refractivity contribution in [1.82, 2.24) is 9.97 Å². The van der Waals surface area contributed by atoms with Crippen molar-refractivity contribution in [2.45, 2.75) is 19.9 Å². The van der Waals surface area contributed by atoms with Gasteiger partial charge in [0.15, 0.2) is 0 Å². The van der Waals surface area contributed by atoms with Crippen molar-refractivity contribution in [3.8, 4) is 5.88 Å². The zero-order valence-electron chi connectivity index (χ0n) is 9.72. The van der Waals surface area contributed by atoms with Crippen molar-refractivity contribution >= 4 is 11.3 Å². The lowest BCUT2D eigenvalue weighted by atomic mass is 10.3. The van der Waals surface area contributed by atoms with Gasteiger partial charge in [-0.1, -0.05) is 6.07 Å². The van der Waals surface area contributed by atoms with E-state index in [0.29, 0.717) is 19.0 Å². The van der Waals surface area contributed by atoms with E-state index in [2.05, 4.69) is 9.97 Å². The van der Waals surface area contributed by atoms with Crippen LogP contribution in [0.5, 0.6) is 5.88 Å². The van der Waals surface area contributed by atoms with Gasteiger partial charge in [0, 0.05) is 30.1 Å². The highest BCUT2D eigenvalue weighted by atomic mass is 32.1. The van der Waals surface area contributed by atoms with Gasteiger partial charge in [0.05, 0.1) is 17.8 Å². The van der Waals surface area contributed by atoms with Gasteiger partial charge in [0.1, 0.15) is 0 Å². The molecule has 90 valence electrons. The molecule has 2 rings (SSSR count). The lowest BCUT2D eigenvalue weighted by Crippen LogP contribution is -2.03. The topological polar surface area (TPSA) is 61.0 Å². The summed E-state index contributed by atoms with van der Waals surface area (Å²) >= 11 is 1.66. The minimum absolute atomic E-state index is 0.507. The first kappa shape index (κ1) is 12.0. The Bertz CT molecular complexity index is 467. The van der Waals surface area contributed by atoms with Crippen molar-refractivity contribution in [3.63, 3.8) is 0 Å². The lowest BCUT2D eigenvalue weighted by Gasteiger charge is -2.05. The molecular formula is C12H15N3OS. The van der Waals surface area contributed by atoms with Crippen LogP contribution in [0.25, 0.3) is 0 Å². The zero-order chi connectivity index (χ0) is 12.1. The molecule has 0 amide bonds. The predicted molar refractivity (Wildman–Crippen MR) is 68.2 cm³/mol. The summed E-state index contributed by atoms with van der Waals surface area (Å²) < 4.78 is 5.56. The summed E-state index contributed by atoms with van der Waals surface area (Å²) in [7, 11) is 0. The second-order valence-corrected chi connectivity index (χ2v) is 4.61. The van der Waals surface area contributed by atoms with Gasteiger partial charge in [-0.3, -0.25) is 0 Å². The molecule has 0 aliphatic rings. The summed E-state index contributed by atoms with van der Waals surface area (Å²) in [5.41, 5.74) is 9.45. The molecule has 2 aromatic heterocycles. The van der Waals surface area contributed by atoms with E-state index >= 15 is 0 Å². The lowest BCUT2D eigenvalue weighted by molar-refractivity contribution is 0.310. The van der Waals surface area contributed by atoms with Crippen LogP contribution in [0.2, 0.25) is 0 Å². The van der Waals surface area contributed by atoms with Crippen LogP contribution in [0.3, 0.4) is 0 Å². The van der Waals surface area contributed by atoms with Crippen LogP contribution in [-0.4, -0.2) is 16.6 Å². The van der Waals surface area contributed by atoms with E-state index < -0.39 is 0 Å². The van der Waals surface area contributed by atoms with Crippen molar-refractivity contribution in [1.29, 1.82) is 0 Å². The van der Waals surface area contributed by atoms with Crippen LogP contribution in [0.15, 0.2) is 23.8 Å². The van der Waals surface area contributed by atoms with Crippen molar-refractivity contribution in [3.05, 3.63) is 40.0 Å². The molecule has 0 aliphatic heterocycles. The Hall–Kier alpha value is -1.46. The number of rotatable bonds is 5. The van der Waals surface area contributed by atoms with E-state index in [1.165, 1.54) is 4.88 Å². The molecule has 0 unspecified atom stereocenters. The first-order valence-electron chi connectivity index (χ1n) is 5.46. The van der Waals surface area contributed by atoms with Crippen LogP contribution in [0.1, 0.15) is 16.1 Å². The molecule has 0 atom stereocenters. The Morgan fingerprint density at radius 2 is 2.24 bits per heavy atom. The van der Waals surface area contributed by atoms with Crippen LogP contribution in [0.4, 0.5) is 0 Å². The van der Waals surface area contributed by atoms with Crippen LogP contribution >= 0.6 is 11.3 Å². The SMILES string of the molecule is Cc1ncsc1CCOc1ccc(CN)cn1. The Morgan fingerprint density at radius 3 is 2.82 bits per heavy atom. The maximum Gasteiger partial charge on any atom is 0.213 e. The Morgan fingerprint density at radius 1 is 1.35 bits per heavy atom. The van der Waals surface area contributed by atoms with Gasteiger partial charge in [-0.25, -0.2) is 9.97 Å². The first-order valence-corrected chi connectivity index (χ1v) is 6.34. The molecule has 0 radical (unpaired) electrons. The summed E-state index contributed by atoms with van der Waals surface area (Å²) in [6.07, 6.45) is 2.62. The third-order valence-corrected chi connectivity index (χ3v) is 3.45. The fraction of sp³-hybridized carbons (Fsp3) is 0.333. The predicted octanol–water partition coefficient (Wildman–Crippen LogP) is 1.93. The van der Waals surface area contributed by atoms with Crippen LogP contribution in [-0.2, 0) is 13.0 Å². The van der Waals surface area contributed by atoms with Crippen molar-refractivity contribution in [2.75, 3.05) is 6.61 Å². The normalized spacial score (nSPS) is 10.5. The molecule has 0 spiro atoms. The average Bonchev–Trinajstić information content (AvgIpc) is 2.76. The van der Waals surface area contributed by atoms with Crippen LogP contribution < -0.4 is 10.5 Å². The van der Waals surface area contributed by atoms with E-state index in [0.717, 1.165) is 17.7 Å². The van der Waals surface area contributed by atoms with Gasteiger partial charge < -0.3 is 10.5 Å². The number of ether oxygens (including phenoxy) is 1. The number of hydrogen-bond donors (Lipinski definition) is 1. The number of nitrogens with two attached hydrogens (primary N) is 1. The smallest absolute Gasteiger partial charge is 0.213 e. The molecular weight excluding hydrogens is 234 g/mol. The Labute approximate surface area is 104 Å². The molecule has 2 aromatic rings. The highest BCUT2D eigenvalue weighted by Gasteiger charge is 2.02. The second kappa shape index (κ2) is 5.75. The summed E-state index contributed by atoms with van der Waals surface area (Å²) in [4.78, 5) is 9.64. The largest absolute Gasteiger partial charge is 0.477 e. The van der Waals surface area contributed by atoms with Crippen molar-refractivity contribution < 1.29 is 4.74 Å². The number of aryl methyl sites for hydroxylation is 1. The van der Waals surface area contributed by atoms with Crippen molar-refractivity contribution in [2.24, 2.45) is 5.73 Å². The third-order valence-electron chi connectivity index (χ3n) is 2.46. The number of aromatic nitrogens is 2. The van der Waals surface area contributed by atoms with E-state index in [1.54, 1.807) is 17.5 Å². The molecule has 0 aliphatic carbocycles. The molecule has 0 bridgehead atoms. The highest BCUT2D eigenvalue weighted by Crippen LogP contribution is 2.13. The molecule has 2 N–H and O–H groups in total. The van der Waals surface area contributed by atoms with E-state index in [9.17, 15) is 0 Å². The molecule has 0 fully saturated rings. The molecule has 4 nitrogen and oxygen atoms in total. The highest BCUT2D eigenvalue weighted by molar-refractivity contribution is 7.09. The van der Waals surface area contributed by atoms with E-state index in [4.69, 9.17) is 10.5 Å². The van der Waals surface area contributed by atoms with Gasteiger partial charge in [0.2, 0.25) is 5.88 Å². The molecule has 0 aromatic carbocycles. The average molecular weight is 249 g/mol. The minimum atomic E-state index is 0.507. The second-order valence-electron chi connectivity index (χ2n) is 3.67. The monoisotopic (exact) mass is 249 g/mol. The van der Waals surface area contributed by atoms with E-state index in [1.807, 2.05) is 24.6 Å². The maximum atomic E-state index is 5.56.